The Morgan fingerprint density at radius 3 is 2.60 bits per heavy atom. The highest BCUT2D eigenvalue weighted by Crippen LogP contribution is 2.42. The Morgan fingerprint density at radius 1 is 1.20 bits per heavy atom. The van der Waals surface area contributed by atoms with Crippen molar-refractivity contribution in [1.82, 2.24) is 4.98 Å². The Kier molecular flexibility index (Phi) is 3.19. The molecule has 1 aromatic heterocycles. The number of H-pyrrole nitrogens is 1. The molecule has 1 aromatic carbocycles. The SMILES string of the molecule is CCC(C)(C)C1CCc2[nH]c3c(C)ccc(C)c3c2C1. The molecule has 1 unspecified atom stereocenters. The fourth-order valence-corrected chi connectivity index (χ4v) is 3.80. The van der Waals surface area contributed by atoms with Gasteiger partial charge in [0.2, 0.25) is 0 Å². The van der Waals surface area contributed by atoms with Gasteiger partial charge in [0.05, 0.1) is 0 Å². The van der Waals surface area contributed by atoms with Crippen LogP contribution in [0.15, 0.2) is 12.1 Å². The predicted octanol–water partition coefficient (Wildman–Crippen LogP) is 5.33. The average molecular weight is 269 g/mol. The highest BCUT2D eigenvalue weighted by molar-refractivity contribution is 5.90. The number of hydrogen-bond donors (Lipinski definition) is 1. The summed E-state index contributed by atoms with van der Waals surface area (Å²) in [5.41, 5.74) is 7.76. The number of aromatic nitrogens is 1. The molecule has 3 rings (SSSR count). The number of nitrogens with one attached hydrogen (secondary N) is 1. The first-order chi connectivity index (χ1) is 9.44. The standard InChI is InChI=1S/C19H27N/c1-6-19(4,5)14-9-10-16-15(11-14)17-12(2)7-8-13(3)18(17)20-16/h7-8,14,20H,6,9-11H2,1-5H3. The summed E-state index contributed by atoms with van der Waals surface area (Å²) in [5.74, 6) is 0.818. The molecule has 0 radical (unpaired) electrons. The van der Waals surface area contributed by atoms with Crippen molar-refractivity contribution >= 4 is 10.9 Å². The third kappa shape index (κ3) is 1.99. The lowest BCUT2D eigenvalue weighted by molar-refractivity contribution is 0.183. The zero-order valence-electron chi connectivity index (χ0n) is 13.6. The van der Waals surface area contributed by atoms with E-state index in [1.54, 1.807) is 5.56 Å². The van der Waals surface area contributed by atoms with E-state index >= 15 is 0 Å². The Labute approximate surface area is 122 Å². The van der Waals surface area contributed by atoms with Gasteiger partial charge >= 0.3 is 0 Å². The smallest absolute Gasteiger partial charge is 0.0491 e. The number of hydrogen-bond acceptors (Lipinski definition) is 0. The topological polar surface area (TPSA) is 15.8 Å². The summed E-state index contributed by atoms with van der Waals surface area (Å²) in [6.45, 7) is 11.7. The Bertz CT molecular complexity index is 645. The number of rotatable bonds is 2. The first-order valence-corrected chi connectivity index (χ1v) is 8.03. The van der Waals surface area contributed by atoms with Crippen LogP contribution in [0.5, 0.6) is 0 Å². The molecule has 0 fully saturated rings. The van der Waals surface area contributed by atoms with Crippen molar-refractivity contribution in [3.63, 3.8) is 0 Å². The second-order valence-corrected chi connectivity index (χ2v) is 7.31. The molecule has 0 saturated carbocycles. The van der Waals surface area contributed by atoms with Gasteiger partial charge in [0.1, 0.15) is 0 Å². The van der Waals surface area contributed by atoms with E-state index in [1.807, 2.05) is 0 Å². The third-order valence-corrected chi connectivity index (χ3v) is 5.77. The van der Waals surface area contributed by atoms with E-state index in [4.69, 9.17) is 0 Å². The monoisotopic (exact) mass is 269 g/mol. The highest BCUT2D eigenvalue weighted by atomic mass is 14.7. The first kappa shape index (κ1) is 13.7. The molecule has 1 N–H and O–H groups in total. The van der Waals surface area contributed by atoms with E-state index in [2.05, 4.69) is 51.7 Å². The Balaban J connectivity index is 2.11. The Hall–Kier alpha value is -1.24. The van der Waals surface area contributed by atoms with Crippen molar-refractivity contribution in [3.8, 4) is 0 Å². The van der Waals surface area contributed by atoms with Gasteiger partial charge in [-0.2, -0.15) is 0 Å². The maximum Gasteiger partial charge on any atom is 0.0491 e. The van der Waals surface area contributed by atoms with Crippen LogP contribution in [0.4, 0.5) is 0 Å². The summed E-state index contributed by atoms with van der Waals surface area (Å²) in [5, 5.41) is 1.51. The van der Waals surface area contributed by atoms with E-state index < -0.39 is 0 Å². The second-order valence-electron chi connectivity index (χ2n) is 7.31. The predicted molar refractivity (Wildman–Crippen MR) is 87.4 cm³/mol. The van der Waals surface area contributed by atoms with Gasteiger partial charge in [0, 0.05) is 16.6 Å². The molecule has 1 aliphatic carbocycles. The summed E-state index contributed by atoms with van der Waals surface area (Å²) in [7, 11) is 0. The number of aromatic amines is 1. The maximum absolute atomic E-state index is 3.72. The van der Waals surface area contributed by atoms with Crippen molar-refractivity contribution in [2.45, 2.75) is 60.3 Å². The van der Waals surface area contributed by atoms with Crippen LogP contribution in [0.3, 0.4) is 0 Å². The number of aryl methyl sites for hydroxylation is 3. The minimum absolute atomic E-state index is 0.457. The molecule has 1 nitrogen and oxygen atoms in total. The van der Waals surface area contributed by atoms with Crippen molar-refractivity contribution in [2.24, 2.45) is 11.3 Å². The van der Waals surface area contributed by atoms with Gasteiger partial charge in [0.15, 0.2) is 0 Å². The Morgan fingerprint density at radius 2 is 1.90 bits per heavy atom. The van der Waals surface area contributed by atoms with Crippen molar-refractivity contribution in [3.05, 3.63) is 34.5 Å². The van der Waals surface area contributed by atoms with Crippen molar-refractivity contribution in [2.75, 3.05) is 0 Å². The van der Waals surface area contributed by atoms with E-state index in [-0.39, 0.29) is 0 Å². The average Bonchev–Trinajstić information content (AvgIpc) is 2.82. The molecule has 0 aliphatic heterocycles. The van der Waals surface area contributed by atoms with Crippen LogP contribution in [-0.4, -0.2) is 4.98 Å². The zero-order valence-corrected chi connectivity index (χ0v) is 13.6. The normalized spacial score (nSPS) is 19.4. The maximum atomic E-state index is 3.72. The van der Waals surface area contributed by atoms with E-state index in [9.17, 15) is 0 Å². The van der Waals surface area contributed by atoms with Gasteiger partial charge in [-0.25, -0.2) is 0 Å². The molecule has 20 heavy (non-hydrogen) atoms. The largest absolute Gasteiger partial charge is 0.358 e. The molecular weight excluding hydrogens is 242 g/mol. The molecule has 108 valence electrons. The lowest BCUT2D eigenvalue weighted by atomic mass is 9.69. The molecule has 0 saturated heterocycles. The molecule has 1 heteroatoms. The molecule has 1 heterocycles. The van der Waals surface area contributed by atoms with Crippen LogP contribution in [0.25, 0.3) is 10.9 Å². The van der Waals surface area contributed by atoms with E-state index in [0.717, 1.165) is 5.92 Å². The fourth-order valence-electron chi connectivity index (χ4n) is 3.80. The summed E-state index contributed by atoms with van der Waals surface area (Å²) >= 11 is 0. The number of benzene rings is 1. The highest BCUT2D eigenvalue weighted by Gasteiger charge is 2.32. The first-order valence-electron chi connectivity index (χ1n) is 8.03. The van der Waals surface area contributed by atoms with E-state index in [1.165, 1.54) is 53.4 Å². The molecule has 1 aliphatic rings. The lowest BCUT2D eigenvalue weighted by Gasteiger charge is -2.36. The zero-order chi connectivity index (χ0) is 14.5. The minimum Gasteiger partial charge on any atom is -0.358 e. The van der Waals surface area contributed by atoms with Crippen molar-refractivity contribution < 1.29 is 0 Å². The van der Waals surface area contributed by atoms with Gasteiger partial charge in [-0.3, -0.25) is 0 Å². The molecule has 0 bridgehead atoms. The van der Waals surface area contributed by atoms with Gasteiger partial charge in [0.25, 0.3) is 0 Å². The lowest BCUT2D eigenvalue weighted by Crippen LogP contribution is -2.28. The number of fused-ring (bicyclic) bond motifs is 3. The molecule has 0 amide bonds. The van der Waals surface area contributed by atoms with E-state index in [0.29, 0.717) is 5.41 Å². The van der Waals surface area contributed by atoms with Gasteiger partial charge in [-0.1, -0.05) is 39.3 Å². The summed E-state index contributed by atoms with van der Waals surface area (Å²) in [4.78, 5) is 3.72. The van der Waals surface area contributed by atoms with Crippen LogP contribution in [0.2, 0.25) is 0 Å². The third-order valence-electron chi connectivity index (χ3n) is 5.77. The summed E-state index contributed by atoms with van der Waals surface area (Å²) in [6, 6.07) is 4.52. The van der Waals surface area contributed by atoms with Crippen LogP contribution in [-0.2, 0) is 12.8 Å². The molecular formula is C19H27N. The quantitative estimate of drug-likeness (QED) is 0.759. The summed E-state index contributed by atoms with van der Waals surface area (Å²) < 4.78 is 0. The van der Waals surface area contributed by atoms with Gasteiger partial charge in [-0.05, 0) is 61.1 Å². The molecule has 1 atom stereocenters. The van der Waals surface area contributed by atoms with Crippen LogP contribution in [0.1, 0.15) is 56.0 Å². The molecule has 2 aromatic rings. The van der Waals surface area contributed by atoms with Crippen LogP contribution >= 0.6 is 0 Å². The van der Waals surface area contributed by atoms with Crippen molar-refractivity contribution in [1.29, 1.82) is 0 Å². The van der Waals surface area contributed by atoms with Crippen LogP contribution < -0.4 is 0 Å². The van der Waals surface area contributed by atoms with Gasteiger partial charge < -0.3 is 4.98 Å². The summed E-state index contributed by atoms with van der Waals surface area (Å²) in [6.07, 6.45) is 5.07. The fraction of sp³-hybridized carbons (Fsp3) is 0.579. The second kappa shape index (κ2) is 4.65. The van der Waals surface area contributed by atoms with Gasteiger partial charge in [-0.15, -0.1) is 0 Å². The molecule has 0 spiro atoms. The minimum atomic E-state index is 0.457. The van der Waals surface area contributed by atoms with Crippen LogP contribution in [0, 0.1) is 25.2 Å².